The molecule has 1 N–H and O–H groups in total. The predicted molar refractivity (Wildman–Crippen MR) is 68.6 cm³/mol. The zero-order chi connectivity index (χ0) is 14.2. The van der Waals surface area contributed by atoms with E-state index < -0.39 is 5.97 Å². The highest BCUT2D eigenvalue weighted by Crippen LogP contribution is 2.26. The standard InChI is InChI=1S/C13H21N3O3/c1-8-9(11(17)18)5-6-16(8)7-10-14-12(19-15-10)13(2,3)4/h8-9H,5-7H2,1-4H3,(H,17,18). The average Bonchev–Trinajstić information content (AvgIpc) is 2.87. The summed E-state index contributed by atoms with van der Waals surface area (Å²) in [6.45, 7) is 9.30. The highest BCUT2D eigenvalue weighted by atomic mass is 16.5. The van der Waals surface area contributed by atoms with Crippen molar-refractivity contribution in [3.05, 3.63) is 11.7 Å². The van der Waals surface area contributed by atoms with Crippen LogP contribution < -0.4 is 0 Å². The number of aromatic nitrogens is 2. The molecule has 6 heteroatoms. The molecule has 2 heterocycles. The van der Waals surface area contributed by atoms with E-state index in [1.807, 2.05) is 27.7 Å². The summed E-state index contributed by atoms with van der Waals surface area (Å²) in [6.07, 6.45) is 0.681. The Morgan fingerprint density at radius 1 is 1.53 bits per heavy atom. The monoisotopic (exact) mass is 267 g/mol. The minimum Gasteiger partial charge on any atom is -0.481 e. The van der Waals surface area contributed by atoms with E-state index in [1.54, 1.807) is 0 Å². The molecule has 1 saturated heterocycles. The van der Waals surface area contributed by atoms with Crippen LogP contribution in [-0.2, 0) is 16.8 Å². The number of carboxylic acid groups (broad SMARTS) is 1. The van der Waals surface area contributed by atoms with Crippen LogP contribution in [0.2, 0.25) is 0 Å². The zero-order valence-electron chi connectivity index (χ0n) is 11.9. The van der Waals surface area contributed by atoms with Gasteiger partial charge in [-0.3, -0.25) is 9.69 Å². The molecular formula is C13H21N3O3. The number of hydrogen-bond donors (Lipinski definition) is 1. The molecule has 0 amide bonds. The summed E-state index contributed by atoms with van der Waals surface area (Å²) in [5.74, 6) is 0.222. The van der Waals surface area contributed by atoms with Crippen LogP contribution in [0.15, 0.2) is 4.52 Å². The Labute approximate surface area is 112 Å². The van der Waals surface area contributed by atoms with Gasteiger partial charge < -0.3 is 9.63 Å². The molecule has 19 heavy (non-hydrogen) atoms. The summed E-state index contributed by atoms with van der Waals surface area (Å²) < 4.78 is 5.24. The third-order valence-electron chi connectivity index (χ3n) is 3.66. The Kier molecular flexibility index (Phi) is 3.62. The predicted octanol–water partition coefficient (Wildman–Crippen LogP) is 1.66. The van der Waals surface area contributed by atoms with E-state index in [0.717, 1.165) is 6.54 Å². The Morgan fingerprint density at radius 3 is 2.68 bits per heavy atom. The van der Waals surface area contributed by atoms with Crippen LogP contribution in [-0.4, -0.2) is 38.7 Å². The van der Waals surface area contributed by atoms with Gasteiger partial charge in [-0.25, -0.2) is 0 Å². The number of likely N-dealkylation sites (tertiary alicyclic amines) is 1. The highest BCUT2D eigenvalue weighted by molar-refractivity contribution is 5.71. The van der Waals surface area contributed by atoms with Crippen molar-refractivity contribution in [3.8, 4) is 0 Å². The van der Waals surface area contributed by atoms with Gasteiger partial charge in [0.05, 0.1) is 12.5 Å². The molecule has 0 radical (unpaired) electrons. The molecule has 2 atom stereocenters. The van der Waals surface area contributed by atoms with E-state index in [2.05, 4.69) is 15.0 Å². The SMILES string of the molecule is CC1C(C(=O)O)CCN1Cc1noc(C(C)(C)C)n1. The Bertz CT molecular complexity index is 464. The maximum Gasteiger partial charge on any atom is 0.308 e. The lowest BCUT2D eigenvalue weighted by Gasteiger charge is -2.21. The number of rotatable bonds is 3. The molecule has 0 aliphatic carbocycles. The van der Waals surface area contributed by atoms with Crippen molar-refractivity contribution >= 4 is 5.97 Å². The molecule has 106 valence electrons. The van der Waals surface area contributed by atoms with Crippen molar-refractivity contribution in [2.45, 2.75) is 52.1 Å². The lowest BCUT2D eigenvalue weighted by Crippen LogP contribution is -2.32. The first-order valence-electron chi connectivity index (χ1n) is 6.59. The molecule has 0 bridgehead atoms. The van der Waals surface area contributed by atoms with Crippen LogP contribution in [0.4, 0.5) is 0 Å². The fraction of sp³-hybridized carbons (Fsp3) is 0.769. The van der Waals surface area contributed by atoms with Gasteiger partial charge in [0.1, 0.15) is 0 Å². The van der Waals surface area contributed by atoms with Crippen molar-refractivity contribution < 1.29 is 14.4 Å². The molecule has 1 aromatic heterocycles. The summed E-state index contributed by atoms with van der Waals surface area (Å²) in [7, 11) is 0. The van der Waals surface area contributed by atoms with Crippen molar-refractivity contribution in [3.63, 3.8) is 0 Å². The Morgan fingerprint density at radius 2 is 2.21 bits per heavy atom. The van der Waals surface area contributed by atoms with Crippen LogP contribution in [0.1, 0.15) is 45.8 Å². The van der Waals surface area contributed by atoms with Crippen molar-refractivity contribution in [1.82, 2.24) is 15.0 Å². The molecule has 0 saturated carbocycles. The molecule has 1 aromatic rings. The topological polar surface area (TPSA) is 79.5 Å². The molecule has 2 rings (SSSR count). The third kappa shape index (κ3) is 2.94. The van der Waals surface area contributed by atoms with Gasteiger partial charge in [-0.05, 0) is 19.9 Å². The quantitative estimate of drug-likeness (QED) is 0.897. The van der Waals surface area contributed by atoms with Gasteiger partial charge in [-0.15, -0.1) is 0 Å². The fourth-order valence-corrected chi connectivity index (χ4v) is 2.36. The van der Waals surface area contributed by atoms with Crippen LogP contribution in [0.3, 0.4) is 0 Å². The smallest absolute Gasteiger partial charge is 0.308 e. The summed E-state index contributed by atoms with van der Waals surface area (Å²) in [5.41, 5.74) is -0.161. The lowest BCUT2D eigenvalue weighted by atomic mass is 9.97. The van der Waals surface area contributed by atoms with Gasteiger partial charge in [0, 0.05) is 11.5 Å². The Balaban J connectivity index is 2.03. The first-order chi connectivity index (χ1) is 8.79. The molecule has 1 aliphatic heterocycles. The van der Waals surface area contributed by atoms with Crippen LogP contribution >= 0.6 is 0 Å². The summed E-state index contributed by atoms with van der Waals surface area (Å²) in [6, 6.07) is 0.00841. The van der Waals surface area contributed by atoms with Gasteiger partial charge >= 0.3 is 5.97 Å². The molecule has 0 aromatic carbocycles. The summed E-state index contributed by atoms with van der Waals surface area (Å²) in [4.78, 5) is 17.5. The van der Waals surface area contributed by atoms with Crippen molar-refractivity contribution in [1.29, 1.82) is 0 Å². The number of aliphatic carboxylic acids is 1. The van der Waals surface area contributed by atoms with Crippen molar-refractivity contribution in [2.24, 2.45) is 5.92 Å². The maximum absolute atomic E-state index is 11.1. The lowest BCUT2D eigenvalue weighted by molar-refractivity contribution is -0.142. The summed E-state index contributed by atoms with van der Waals surface area (Å²) >= 11 is 0. The van der Waals surface area contributed by atoms with E-state index >= 15 is 0 Å². The molecule has 2 unspecified atom stereocenters. The van der Waals surface area contributed by atoms with E-state index in [0.29, 0.717) is 24.7 Å². The molecule has 6 nitrogen and oxygen atoms in total. The zero-order valence-corrected chi connectivity index (χ0v) is 11.9. The maximum atomic E-state index is 11.1. The second kappa shape index (κ2) is 4.92. The number of carboxylic acids is 1. The minimum absolute atomic E-state index is 0.00841. The van der Waals surface area contributed by atoms with Crippen LogP contribution in [0.25, 0.3) is 0 Å². The Hall–Kier alpha value is -1.43. The van der Waals surface area contributed by atoms with Gasteiger partial charge in [-0.1, -0.05) is 25.9 Å². The second-order valence-electron chi connectivity index (χ2n) is 6.21. The molecule has 1 fully saturated rings. The molecule has 1 aliphatic rings. The minimum atomic E-state index is -0.724. The fourth-order valence-electron chi connectivity index (χ4n) is 2.36. The highest BCUT2D eigenvalue weighted by Gasteiger charge is 2.36. The van der Waals surface area contributed by atoms with E-state index in [-0.39, 0.29) is 17.4 Å². The van der Waals surface area contributed by atoms with E-state index in [4.69, 9.17) is 9.63 Å². The number of carbonyl (C=O) groups is 1. The van der Waals surface area contributed by atoms with Gasteiger partial charge in [0.15, 0.2) is 5.82 Å². The first-order valence-corrected chi connectivity index (χ1v) is 6.59. The first kappa shape index (κ1) is 14.0. The van der Waals surface area contributed by atoms with Gasteiger partial charge in [0.25, 0.3) is 0 Å². The van der Waals surface area contributed by atoms with Gasteiger partial charge in [0.2, 0.25) is 5.89 Å². The third-order valence-corrected chi connectivity index (χ3v) is 3.66. The number of nitrogens with zero attached hydrogens (tertiary/aromatic N) is 3. The number of hydrogen-bond acceptors (Lipinski definition) is 5. The van der Waals surface area contributed by atoms with Crippen LogP contribution in [0.5, 0.6) is 0 Å². The van der Waals surface area contributed by atoms with E-state index in [1.165, 1.54) is 0 Å². The second-order valence-corrected chi connectivity index (χ2v) is 6.21. The van der Waals surface area contributed by atoms with E-state index in [9.17, 15) is 4.79 Å². The van der Waals surface area contributed by atoms with Crippen LogP contribution in [0, 0.1) is 5.92 Å². The van der Waals surface area contributed by atoms with Crippen molar-refractivity contribution in [2.75, 3.05) is 6.54 Å². The molecule has 0 spiro atoms. The molecular weight excluding hydrogens is 246 g/mol. The normalized spacial score (nSPS) is 24.8. The summed E-state index contributed by atoms with van der Waals surface area (Å²) in [5, 5.41) is 13.1. The largest absolute Gasteiger partial charge is 0.481 e. The average molecular weight is 267 g/mol. The van der Waals surface area contributed by atoms with Gasteiger partial charge in [-0.2, -0.15) is 4.98 Å².